The van der Waals surface area contributed by atoms with Gasteiger partial charge >= 0.3 is 0 Å². The van der Waals surface area contributed by atoms with E-state index in [2.05, 4.69) is 71.3 Å². The minimum Gasteiger partial charge on any atom is -0.310 e. The van der Waals surface area contributed by atoms with Gasteiger partial charge < -0.3 is 10.2 Å². The Morgan fingerprint density at radius 1 is 1.45 bits per heavy atom. The van der Waals surface area contributed by atoms with Crippen molar-refractivity contribution in [3.05, 3.63) is 34.3 Å². The minimum atomic E-state index is 0.455. The fourth-order valence-electron chi connectivity index (χ4n) is 2.85. The van der Waals surface area contributed by atoms with Gasteiger partial charge in [0, 0.05) is 17.1 Å². The van der Waals surface area contributed by atoms with Crippen LogP contribution in [0, 0.1) is 11.8 Å². The monoisotopic (exact) mass is 338 g/mol. The van der Waals surface area contributed by atoms with Gasteiger partial charge in [0.2, 0.25) is 0 Å². The quantitative estimate of drug-likeness (QED) is 0.768. The SMILES string of the molecule is CCNC(CCN(C)CC1CC1C)c1cccc(Br)c1. The molecule has 1 fully saturated rings. The molecule has 1 aromatic rings. The molecule has 1 aliphatic rings. The van der Waals surface area contributed by atoms with Crippen molar-refractivity contribution >= 4 is 15.9 Å². The molecule has 2 nitrogen and oxygen atoms in total. The molecule has 3 unspecified atom stereocenters. The van der Waals surface area contributed by atoms with Gasteiger partial charge in [0.05, 0.1) is 0 Å². The van der Waals surface area contributed by atoms with Crippen LogP contribution in [0.5, 0.6) is 0 Å². The number of rotatable bonds is 8. The summed E-state index contributed by atoms with van der Waals surface area (Å²) in [5.74, 6) is 1.90. The van der Waals surface area contributed by atoms with E-state index >= 15 is 0 Å². The first-order chi connectivity index (χ1) is 9.60. The summed E-state index contributed by atoms with van der Waals surface area (Å²) in [4.78, 5) is 2.50. The van der Waals surface area contributed by atoms with Crippen LogP contribution < -0.4 is 5.32 Å². The number of nitrogens with zero attached hydrogens (tertiary/aromatic N) is 1. The average molecular weight is 339 g/mol. The molecule has 0 radical (unpaired) electrons. The molecule has 1 aromatic carbocycles. The Bertz CT molecular complexity index is 421. The van der Waals surface area contributed by atoms with E-state index in [1.807, 2.05) is 0 Å². The van der Waals surface area contributed by atoms with Crippen molar-refractivity contribution < 1.29 is 0 Å². The molecule has 0 spiro atoms. The fourth-order valence-corrected chi connectivity index (χ4v) is 3.27. The number of benzene rings is 1. The molecule has 3 heteroatoms. The van der Waals surface area contributed by atoms with E-state index < -0.39 is 0 Å². The van der Waals surface area contributed by atoms with Crippen LogP contribution in [0.4, 0.5) is 0 Å². The second-order valence-electron chi connectivity index (χ2n) is 6.19. The lowest BCUT2D eigenvalue weighted by atomic mass is 10.0. The van der Waals surface area contributed by atoms with Crippen molar-refractivity contribution in [3.8, 4) is 0 Å². The molecule has 2 rings (SSSR count). The number of hydrogen-bond donors (Lipinski definition) is 1. The number of halogens is 1. The van der Waals surface area contributed by atoms with E-state index in [0.717, 1.165) is 29.4 Å². The Hall–Kier alpha value is -0.380. The van der Waals surface area contributed by atoms with Crippen LogP contribution in [0.15, 0.2) is 28.7 Å². The number of nitrogens with one attached hydrogen (secondary N) is 1. The van der Waals surface area contributed by atoms with Gasteiger partial charge in [0.25, 0.3) is 0 Å². The van der Waals surface area contributed by atoms with E-state index in [0.29, 0.717) is 6.04 Å². The Kier molecular flexibility index (Phi) is 6.06. The predicted molar refractivity (Wildman–Crippen MR) is 89.9 cm³/mol. The van der Waals surface area contributed by atoms with Gasteiger partial charge in [-0.1, -0.05) is 41.9 Å². The van der Waals surface area contributed by atoms with Gasteiger partial charge in [-0.05, 0) is 62.5 Å². The standard InChI is InChI=1S/C17H27BrN2/c1-4-19-17(14-6-5-7-16(18)11-14)8-9-20(3)12-15-10-13(15)2/h5-7,11,13,15,17,19H,4,8-10,12H2,1-3H3. The van der Waals surface area contributed by atoms with Crippen molar-refractivity contribution in [2.45, 2.75) is 32.7 Å². The first kappa shape index (κ1) is 16.0. The lowest BCUT2D eigenvalue weighted by Crippen LogP contribution is -2.28. The molecule has 0 saturated heterocycles. The van der Waals surface area contributed by atoms with Crippen molar-refractivity contribution in [1.82, 2.24) is 10.2 Å². The van der Waals surface area contributed by atoms with Gasteiger partial charge in [-0.2, -0.15) is 0 Å². The van der Waals surface area contributed by atoms with Gasteiger partial charge in [-0.15, -0.1) is 0 Å². The zero-order valence-corrected chi connectivity index (χ0v) is 14.5. The summed E-state index contributed by atoms with van der Waals surface area (Å²) in [6.07, 6.45) is 2.59. The molecule has 1 N–H and O–H groups in total. The summed E-state index contributed by atoms with van der Waals surface area (Å²) in [6, 6.07) is 9.13. The maximum atomic E-state index is 3.61. The van der Waals surface area contributed by atoms with E-state index in [1.165, 1.54) is 24.9 Å². The Labute approximate surface area is 132 Å². The highest BCUT2D eigenvalue weighted by Gasteiger charge is 2.33. The maximum Gasteiger partial charge on any atom is 0.0332 e. The second-order valence-corrected chi connectivity index (χ2v) is 7.10. The van der Waals surface area contributed by atoms with Gasteiger partial charge in [-0.25, -0.2) is 0 Å². The van der Waals surface area contributed by atoms with E-state index in [9.17, 15) is 0 Å². The van der Waals surface area contributed by atoms with Crippen molar-refractivity contribution in [3.63, 3.8) is 0 Å². The summed E-state index contributed by atoms with van der Waals surface area (Å²) < 4.78 is 1.16. The normalized spacial score (nSPS) is 23.1. The molecular weight excluding hydrogens is 312 g/mol. The fraction of sp³-hybridized carbons (Fsp3) is 0.647. The van der Waals surface area contributed by atoms with Crippen LogP contribution in [0.25, 0.3) is 0 Å². The van der Waals surface area contributed by atoms with Crippen LogP contribution in [-0.2, 0) is 0 Å². The Morgan fingerprint density at radius 3 is 2.80 bits per heavy atom. The number of hydrogen-bond acceptors (Lipinski definition) is 2. The molecular formula is C17H27BrN2. The molecule has 0 heterocycles. The van der Waals surface area contributed by atoms with Crippen LogP contribution in [0.3, 0.4) is 0 Å². The van der Waals surface area contributed by atoms with E-state index in [-0.39, 0.29) is 0 Å². The summed E-state index contributed by atoms with van der Waals surface area (Å²) in [5.41, 5.74) is 1.38. The van der Waals surface area contributed by atoms with Gasteiger partial charge in [0.15, 0.2) is 0 Å². The van der Waals surface area contributed by atoms with Crippen molar-refractivity contribution in [2.75, 3.05) is 26.7 Å². The molecule has 0 bridgehead atoms. The molecule has 0 aliphatic heterocycles. The third kappa shape index (κ3) is 4.87. The highest BCUT2D eigenvalue weighted by molar-refractivity contribution is 9.10. The van der Waals surface area contributed by atoms with Crippen LogP contribution in [0.2, 0.25) is 0 Å². The molecule has 1 aliphatic carbocycles. The summed E-state index contributed by atoms with van der Waals surface area (Å²) in [7, 11) is 2.26. The second kappa shape index (κ2) is 7.58. The Balaban J connectivity index is 1.85. The van der Waals surface area contributed by atoms with Crippen molar-refractivity contribution in [2.24, 2.45) is 11.8 Å². The highest BCUT2D eigenvalue weighted by Crippen LogP contribution is 2.38. The molecule has 0 aromatic heterocycles. The topological polar surface area (TPSA) is 15.3 Å². The summed E-state index contributed by atoms with van der Waals surface area (Å²) in [6.45, 7) is 7.98. The van der Waals surface area contributed by atoms with Crippen LogP contribution in [-0.4, -0.2) is 31.6 Å². The van der Waals surface area contributed by atoms with Crippen molar-refractivity contribution in [1.29, 1.82) is 0 Å². The zero-order valence-electron chi connectivity index (χ0n) is 12.9. The molecule has 3 atom stereocenters. The average Bonchev–Trinajstić information content (AvgIpc) is 3.10. The largest absolute Gasteiger partial charge is 0.310 e. The summed E-state index contributed by atoms with van der Waals surface area (Å²) in [5, 5.41) is 3.61. The maximum absolute atomic E-state index is 3.61. The first-order valence-corrected chi connectivity index (χ1v) is 8.56. The van der Waals surface area contributed by atoms with Gasteiger partial charge in [0.1, 0.15) is 0 Å². The van der Waals surface area contributed by atoms with E-state index in [4.69, 9.17) is 0 Å². The first-order valence-electron chi connectivity index (χ1n) is 7.77. The highest BCUT2D eigenvalue weighted by atomic mass is 79.9. The smallest absolute Gasteiger partial charge is 0.0332 e. The third-order valence-electron chi connectivity index (χ3n) is 4.32. The lowest BCUT2D eigenvalue weighted by molar-refractivity contribution is 0.293. The lowest BCUT2D eigenvalue weighted by Gasteiger charge is -2.23. The third-order valence-corrected chi connectivity index (χ3v) is 4.82. The van der Waals surface area contributed by atoms with Crippen LogP contribution in [0.1, 0.15) is 38.3 Å². The van der Waals surface area contributed by atoms with Gasteiger partial charge in [-0.3, -0.25) is 0 Å². The van der Waals surface area contributed by atoms with Crippen LogP contribution >= 0.6 is 15.9 Å². The predicted octanol–water partition coefficient (Wildman–Crippen LogP) is 4.08. The molecule has 1 saturated carbocycles. The van der Waals surface area contributed by atoms with E-state index in [1.54, 1.807) is 0 Å². The molecule has 112 valence electrons. The summed E-state index contributed by atoms with van der Waals surface area (Å²) >= 11 is 3.57. The Morgan fingerprint density at radius 2 is 2.20 bits per heavy atom. The zero-order chi connectivity index (χ0) is 14.5. The molecule has 20 heavy (non-hydrogen) atoms. The molecule has 0 amide bonds. The minimum absolute atomic E-state index is 0.455.